The Labute approximate surface area is 189 Å². The van der Waals surface area contributed by atoms with Crippen molar-refractivity contribution in [2.75, 3.05) is 18.0 Å². The van der Waals surface area contributed by atoms with Gasteiger partial charge in [-0.1, -0.05) is 12.1 Å². The Balaban J connectivity index is 1.36. The van der Waals surface area contributed by atoms with Gasteiger partial charge in [0.05, 0.1) is 11.6 Å². The Morgan fingerprint density at radius 1 is 0.971 bits per heavy atom. The van der Waals surface area contributed by atoms with E-state index in [9.17, 15) is 31.1 Å². The van der Waals surface area contributed by atoms with Gasteiger partial charge in [-0.25, -0.2) is 0 Å². The number of hydrogen-bond acceptors (Lipinski definition) is 5. The van der Waals surface area contributed by atoms with Crippen LogP contribution in [-0.4, -0.2) is 38.8 Å². The number of nitrogens with one attached hydrogen (secondary N) is 1. The SMILES string of the molecule is CC(NC(=O)C1CCN(c2ccc3nnc(C(F)(F)F)n3n2)CC1)c1ccc(C(F)(F)F)cc1. The first-order valence-corrected chi connectivity index (χ1v) is 10.5. The van der Waals surface area contributed by atoms with E-state index in [1.807, 2.05) is 0 Å². The molecule has 4 rings (SSSR count). The summed E-state index contributed by atoms with van der Waals surface area (Å²) in [7, 11) is 0. The lowest BCUT2D eigenvalue weighted by atomic mass is 9.95. The van der Waals surface area contributed by atoms with E-state index in [-0.39, 0.29) is 17.5 Å². The molecule has 0 radical (unpaired) electrons. The van der Waals surface area contributed by atoms with Crippen molar-refractivity contribution in [3.05, 3.63) is 53.3 Å². The fourth-order valence-electron chi connectivity index (χ4n) is 3.87. The molecule has 0 saturated carbocycles. The monoisotopic (exact) mass is 486 g/mol. The Morgan fingerprint density at radius 3 is 2.21 bits per heavy atom. The van der Waals surface area contributed by atoms with Crippen LogP contribution in [0.2, 0.25) is 0 Å². The summed E-state index contributed by atoms with van der Waals surface area (Å²) in [5.74, 6) is -1.46. The number of benzene rings is 1. The van der Waals surface area contributed by atoms with Crippen LogP contribution in [0.3, 0.4) is 0 Å². The van der Waals surface area contributed by atoms with Crippen LogP contribution in [0, 0.1) is 5.92 Å². The highest BCUT2D eigenvalue weighted by Crippen LogP contribution is 2.31. The van der Waals surface area contributed by atoms with Gasteiger partial charge in [-0.3, -0.25) is 4.79 Å². The van der Waals surface area contributed by atoms with Crippen LogP contribution in [-0.2, 0) is 17.1 Å². The first-order chi connectivity index (χ1) is 15.9. The van der Waals surface area contributed by atoms with E-state index in [0.717, 1.165) is 12.1 Å². The molecule has 1 unspecified atom stereocenters. The molecule has 0 spiro atoms. The number of carbonyl (C=O) groups is 1. The van der Waals surface area contributed by atoms with E-state index in [2.05, 4.69) is 20.6 Å². The molecule has 3 aromatic rings. The molecule has 13 heteroatoms. The molecule has 7 nitrogen and oxygen atoms in total. The summed E-state index contributed by atoms with van der Waals surface area (Å²) in [5, 5.41) is 13.5. The number of piperidine rings is 1. The zero-order chi connectivity index (χ0) is 24.7. The smallest absolute Gasteiger partial charge is 0.355 e. The van der Waals surface area contributed by atoms with E-state index in [4.69, 9.17) is 0 Å². The van der Waals surface area contributed by atoms with Crippen LogP contribution in [0.15, 0.2) is 36.4 Å². The molecule has 2 aromatic heterocycles. The molecule has 1 aliphatic rings. The minimum atomic E-state index is -4.69. The fraction of sp³-hybridized carbons (Fsp3) is 0.429. The van der Waals surface area contributed by atoms with Crippen molar-refractivity contribution < 1.29 is 31.1 Å². The Hall–Kier alpha value is -3.38. The predicted octanol–water partition coefficient (Wildman–Crippen LogP) is 4.26. The van der Waals surface area contributed by atoms with Crippen LogP contribution in [0.25, 0.3) is 5.65 Å². The molecule has 182 valence electrons. The van der Waals surface area contributed by atoms with Gasteiger partial charge in [0.15, 0.2) is 5.65 Å². The second-order valence-corrected chi connectivity index (χ2v) is 8.09. The Kier molecular flexibility index (Phi) is 6.13. The number of alkyl halides is 6. The van der Waals surface area contributed by atoms with Crippen molar-refractivity contribution >= 4 is 17.4 Å². The summed E-state index contributed by atoms with van der Waals surface area (Å²) in [5.41, 5.74) is -0.240. The quantitative estimate of drug-likeness (QED) is 0.558. The van der Waals surface area contributed by atoms with Crippen molar-refractivity contribution in [3.63, 3.8) is 0 Å². The zero-order valence-electron chi connectivity index (χ0n) is 17.9. The standard InChI is InChI=1S/C21H20F6N6O/c1-12(13-2-4-15(5-3-13)20(22,23)24)28-18(34)14-8-10-32(11-9-14)17-7-6-16-29-30-19(21(25,26)27)33(16)31-17/h2-7,12,14H,8-11H2,1H3,(H,28,34). The molecular weight excluding hydrogens is 466 g/mol. The van der Waals surface area contributed by atoms with Gasteiger partial charge in [-0.05, 0) is 49.6 Å². The number of fused-ring (bicyclic) bond motifs is 1. The molecule has 0 bridgehead atoms. The van der Waals surface area contributed by atoms with Gasteiger partial charge in [-0.15, -0.1) is 15.3 Å². The van der Waals surface area contributed by atoms with Crippen LogP contribution < -0.4 is 10.2 Å². The lowest BCUT2D eigenvalue weighted by molar-refractivity contribution is -0.146. The normalized spacial score (nSPS) is 16.6. The van der Waals surface area contributed by atoms with Gasteiger partial charge in [-0.2, -0.15) is 30.9 Å². The average molecular weight is 486 g/mol. The maximum atomic E-state index is 13.1. The first kappa shape index (κ1) is 23.8. The molecular formula is C21H20F6N6O. The molecule has 1 saturated heterocycles. The molecule has 1 amide bonds. The lowest BCUT2D eigenvalue weighted by Gasteiger charge is -2.32. The number of aromatic nitrogens is 4. The first-order valence-electron chi connectivity index (χ1n) is 10.5. The van der Waals surface area contributed by atoms with E-state index in [0.29, 0.717) is 41.8 Å². The van der Waals surface area contributed by atoms with Crippen molar-refractivity contribution in [2.24, 2.45) is 5.92 Å². The van der Waals surface area contributed by atoms with Gasteiger partial charge in [0, 0.05) is 19.0 Å². The molecule has 0 aliphatic carbocycles. The van der Waals surface area contributed by atoms with Crippen LogP contribution in [0.4, 0.5) is 32.2 Å². The molecule has 34 heavy (non-hydrogen) atoms. The van der Waals surface area contributed by atoms with E-state index < -0.39 is 29.8 Å². The number of nitrogens with zero attached hydrogens (tertiary/aromatic N) is 5. The summed E-state index contributed by atoms with van der Waals surface area (Å²) in [6.07, 6.45) is -8.24. The van der Waals surface area contributed by atoms with Crippen LogP contribution >= 0.6 is 0 Å². The maximum absolute atomic E-state index is 13.1. The fourth-order valence-corrected chi connectivity index (χ4v) is 3.87. The highest BCUT2D eigenvalue weighted by molar-refractivity contribution is 5.79. The summed E-state index contributed by atoms with van der Waals surface area (Å²) in [4.78, 5) is 14.5. The number of amides is 1. The third-order valence-electron chi connectivity index (χ3n) is 5.79. The molecule has 1 aliphatic heterocycles. The van der Waals surface area contributed by atoms with Crippen molar-refractivity contribution in [2.45, 2.75) is 38.2 Å². The highest BCUT2D eigenvalue weighted by atomic mass is 19.4. The Bertz CT molecular complexity index is 1170. The number of halogens is 6. The average Bonchev–Trinajstić information content (AvgIpc) is 3.22. The maximum Gasteiger partial charge on any atom is 0.453 e. The Morgan fingerprint density at radius 2 is 1.62 bits per heavy atom. The molecule has 1 atom stereocenters. The predicted molar refractivity (Wildman–Crippen MR) is 109 cm³/mol. The van der Waals surface area contributed by atoms with Crippen molar-refractivity contribution in [1.82, 2.24) is 25.1 Å². The second kappa shape index (κ2) is 8.76. The van der Waals surface area contributed by atoms with Crippen LogP contribution in [0.1, 0.15) is 42.8 Å². The summed E-state index contributed by atoms with van der Waals surface area (Å²) in [6, 6.07) is 7.08. The van der Waals surface area contributed by atoms with Gasteiger partial charge in [0.2, 0.25) is 5.91 Å². The summed E-state index contributed by atoms with van der Waals surface area (Å²) in [6.45, 7) is 2.48. The highest BCUT2D eigenvalue weighted by Gasteiger charge is 2.38. The minimum absolute atomic E-state index is 0.0254. The third-order valence-corrected chi connectivity index (χ3v) is 5.79. The number of anilines is 1. The van der Waals surface area contributed by atoms with Gasteiger partial charge >= 0.3 is 12.4 Å². The summed E-state index contributed by atoms with van der Waals surface area (Å²) >= 11 is 0. The largest absolute Gasteiger partial charge is 0.453 e. The van der Waals surface area contributed by atoms with E-state index in [1.165, 1.54) is 18.2 Å². The zero-order valence-corrected chi connectivity index (χ0v) is 17.9. The number of carbonyl (C=O) groups excluding carboxylic acids is 1. The van der Waals surface area contributed by atoms with Crippen molar-refractivity contribution in [1.29, 1.82) is 0 Å². The van der Waals surface area contributed by atoms with E-state index >= 15 is 0 Å². The van der Waals surface area contributed by atoms with E-state index in [1.54, 1.807) is 17.9 Å². The van der Waals surface area contributed by atoms with Gasteiger partial charge < -0.3 is 10.2 Å². The van der Waals surface area contributed by atoms with Crippen LogP contribution in [0.5, 0.6) is 0 Å². The molecule has 1 fully saturated rings. The third kappa shape index (κ3) is 4.92. The molecule has 1 N–H and O–H groups in total. The second-order valence-electron chi connectivity index (χ2n) is 8.09. The van der Waals surface area contributed by atoms with Gasteiger partial charge in [0.25, 0.3) is 5.82 Å². The molecule has 1 aromatic carbocycles. The molecule has 3 heterocycles. The number of rotatable bonds is 4. The minimum Gasteiger partial charge on any atom is -0.355 e. The lowest BCUT2D eigenvalue weighted by Crippen LogP contribution is -2.41. The van der Waals surface area contributed by atoms with Gasteiger partial charge in [0.1, 0.15) is 5.82 Å². The number of hydrogen-bond donors (Lipinski definition) is 1. The summed E-state index contributed by atoms with van der Waals surface area (Å²) < 4.78 is 78.1. The van der Waals surface area contributed by atoms with Crippen molar-refractivity contribution in [3.8, 4) is 0 Å². The topological polar surface area (TPSA) is 75.4 Å².